The van der Waals surface area contributed by atoms with Crippen molar-refractivity contribution in [3.63, 3.8) is 0 Å². The lowest BCUT2D eigenvalue weighted by molar-refractivity contribution is -0.157. The van der Waals surface area contributed by atoms with Crippen molar-refractivity contribution in [3.8, 4) is 12.1 Å². The van der Waals surface area contributed by atoms with E-state index in [-0.39, 0.29) is 0 Å². The van der Waals surface area contributed by atoms with Gasteiger partial charge in [-0.25, -0.2) is 0 Å². The van der Waals surface area contributed by atoms with Gasteiger partial charge in [0.15, 0.2) is 5.41 Å². The molecule has 1 aliphatic carbocycles. The Hall–Kier alpha value is -2.33. The van der Waals surface area contributed by atoms with Crippen LogP contribution in [0.2, 0.25) is 0 Å². The molecule has 0 unspecified atom stereocenters. The molecule has 4 nitrogen and oxygen atoms in total. The summed E-state index contributed by atoms with van der Waals surface area (Å²) >= 11 is 0. The van der Waals surface area contributed by atoms with Gasteiger partial charge in [0.25, 0.3) is 0 Å². The van der Waals surface area contributed by atoms with E-state index in [4.69, 9.17) is 4.74 Å². The third-order valence-corrected chi connectivity index (χ3v) is 3.39. The van der Waals surface area contributed by atoms with Crippen LogP contribution in [0.5, 0.6) is 0 Å². The monoisotopic (exact) mass is 268 g/mol. The molecule has 0 heterocycles. The molecule has 0 bridgehead atoms. The Morgan fingerprint density at radius 3 is 2.20 bits per heavy atom. The van der Waals surface area contributed by atoms with Crippen molar-refractivity contribution < 1.29 is 9.53 Å². The number of benzene rings is 1. The van der Waals surface area contributed by atoms with Crippen LogP contribution < -0.4 is 0 Å². The van der Waals surface area contributed by atoms with Gasteiger partial charge in [-0.2, -0.15) is 10.5 Å². The highest BCUT2D eigenvalue weighted by molar-refractivity contribution is 5.83. The van der Waals surface area contributed by atoms with E-state index in [0.717, 1.165) is 5.56 Å². The summed E-state index contributed by atoms with van der Waals surface area (Å²) in [6.45, 7) is 5.31. The number of ether oxygens (including phenoxy) is 1. The third kappa shape index (κ3) is 2.26. The number of hydrogen-bond acceptors (Lipinski definition) is 4. The summed E-state index contributed by atoms with van der Waals surface area (Å²) in [6.07, 6.45) is 0. The van der Waals surface area contributed by atoms with Crippen LogP contribution in [-0.2, 0) is 9.53 Å². The quantitative estimate of drug-likeness (QED) is 0.773. The van der Waals surface area contributed by atoms with Gasteiger partial charge in [-0.1, -0.05) is 30.3 Å². The molecule has 0 spiro atoms. The lowest BCUT2D eigenvalue weighted by atomic mass is 10.0. The summed E-state index contributed by atoms with van der Waals surface area (Å²) in [5, 5.41) is 18.7. The SMILES string of the molecule is CC(C)(C)OC(=O)[C@H]1[C@@H](c2ccccc2)C1(C#N)C#N. The molecule has 1 aliphatic rings. The molecular formula is C16H16N2O2. The number of nitrogens with zero attached hydrogens (tertiary/aromatic N) is 2. The van der Waals surface area contributed by atoms with Crippen LogP contribution in [-0.4, -0.2) is 11.6 Å². The van der Waals surface area contributed by atoms with E-state index >= 15 is 0 Å². The highest BCUT2D eigenvalue weighted by Crippen LogP contribution is 2.64. The van der Waals surface area contributed by atoms with Crippen molar-refractivity contribution in [1.82, 2.24) is 0 Å². The second-order valence-electron chi connectivity index (χ2n) is 5.99. The summed E-state index contributed by atoms with van der Waals surface area (Å²) in [7, 11) is 0. The second-order valence-corrected chi connectivity index (χ2v) is 5.99. The molecule has 102 valence electrons. The molecule has 1 aromatic carbocycles. The standard InChI is InChI=1S/C16H16N2O2/c1-15(2,3)20-14(19)13-12(16(13,9-17)10-18)11-7-5-4-6-8-11/h4-8,12-13H,1-3H3/t12-,13-/m1/s1. The molecule has 2 rings (SSSR count). The Morgan fingerprint density at radius 2 is 1.75 bits per heavy atom. The number of carbonyl (C=O) groups is 1. The highest BCUT2D eigenvalue weighted by atomic mass is 16.6. The topological polar surface area (TPSA) is 73.9 Å². The van der Waals surface area contributed by atoms with Crippen molar-refractivity contribution in [2.45, 2.75) is 32.3 Å². The molecule has 1 fully saturated rings. The molecule has 1 aromatic rings. The van der Waals surface area contributed by atoms with Crippen LogP contribution >= 0.6 is 0 Å². The zero-order valence-electron chi connectivity index (χ0n) is 11.8. The van der Waals surface area contributed by atoms with E-state index in [1.54, 1.807) is 20.8 Å². The second kappa shape index (κ2) is 4.65. The third-order valence-electron chi connectivity index (χ3n) is 3.39. The fraction of sp³-hybridized carbons (Fsp3) is 0.438. The normalized spacial score (nSPS) is 23.2. The zero-order valence-corrected chi connectivity index (χ0v) is 11.8. The Labute approximate surface area is 118 Å². The van der Waals surface area contributed by atoms with Gasteiger partial charge in [-0.3, -0.25) is 4.79 Å². The van der Waals surface area contributed by atoms with Gasteiger partial charge in [0.05, 0.1) is 18.1 Å². The number of rotatable bonds is 2. The summed E-state index contributed by atoms with van der Waals surface area (Å²) in [4.78, 5) is 12.2. The molecule has 4 heteroatoms. The number of nitriles is 2. The number of carbonyl (C=O) groups excluding carboxylic acids is 1. The molecule has 20 heavy (non-hydrogen) atoms. The summed E-state index contributed by atoms with van der Waals surface area (Å²) in [5.74, 6) is -1.60. The summed E-state index contributed by atoms with van der Waals surface area (Å²) in [5.41, 5.74) is -1.10. The minimum Gasteiger partial charge on any atom is -0.460 e. The first kappa shape index (κ1) is 14.1. The van der Waals surface area contributed by atoms with Crippen molar-refractivity contribution in [2.75, 3.05) is 0 Å². The molecular weight excluding hydrogens is 252 g/mol. The fourth-order valence-electron chi connectivity index (χ4n) is 2.49. The predicted molar refractivity (Wildman–Crippen MR) is 72.2 cm³/mol. The van der Waals surface area contributed by atoms with Crippen molar-refractivity contribution in [3.05, 3.63) is 35.9 Å². The molecule has 2 atom stereocenters. The first-order chi connectivity index (χ1) is 9.35. The van der Waals surface area contributed by atoms with Gasteiger partial charge in [0.2, 0.25) is 0 Å². The molecule has 1 saturated carbocycles. The van der Waals surface area contributed by atoms with E-state index in [2.05, 4.69) is 0 Å². The van der Waals surface area contributed by atoms with E-state index in [1.165, 1.54) is 0 Å². The highest BCUT2D eigenvalue weighted by Gasteiger charge is 2.72. The molecule has 0 aromatic heterocycles. The minimum absolute atomic E-state index is 0.409. The van der Waals surface area contributed by atoms with Gasteiger partial charge < -0.3 is 4.74 Å². The first-order valence-corrected chi connectivity index (χ1v) is 6.46. The molecule has 0 aliphatic heterocycles. The zero-order chi connectivity index (χ0) is 15.0. The van der Waals surface area contributed by atoms with Crippen LogP contribution in [0.1, 0.15) is 32.3 Å². The maximum atomic E-state index is 12.2. The fourth-order valence-corrected chi connectivity index (χ4v) is 2.49. The van der Waals surface area contributed by atoms with Crippen LogP contribution in [0.3, 0.4) is 0 Å². The first-order valence-electron chi connectivity index (χ1n) is 6.46. The van der Waals surface area contributed by atoms with Gasteiger partial charge in [0.1, 0.15) is 5.60 Å². The van der Waals surface area contributed by atoms with Crippen LogP contribution in [0, 0.1) is 34.0 Å². The molecule has 0 amide bonds. The maximum absolute atomic E-state index is 12.2. The smallest absolute Gasteiger partial charge is 0.312 e. The predicted octanol–water partition coefficient (Wildman–Crippen LogP) is 2.78. The van der Waals surface area contributed by atoms with E-state index in [1.807, 2.05) is 42.5 Å². The lowest BCUT2D eigenvalue weighted by Gasteiger charge is -2.19. The van der Waals surface area contributed by atoms with Gasteiger partial charge in [0, 0.05) is 5.92 Å². The summed E-state index contributed by atoms with van der Waals surface area (Å²) < 4.78 is 5.33. The number of esters is 1. The number of hydrogen-bond donors (Lipinski definition) is 0. The molecule has 0 N–H and O–H groups in total. The Bertz CT molecular complexity index is 588. The van der Waals surface area contributed by atoms with Crippen LogP contribution in [0.25, 0.3) is 0 Å². The van der Waals surface area contributed by atoms with Crippen molar-refractivity contribution in [1.29, 1.82) is 10.5 Å². The largest absolute Gasteiger partial charge is 0.460 e. The van der Waals surface area contributed by atoms with Crippen molar-refractivity contribution >= 4 is 5.97 Å². The maximum Gasteiger partial charge on any atom is 0.312 e. The van der Waals surface area contributed by atoms with Crippen LogP contribution in [0.4, 0.5) is 0 Å². The molecule has 0 radical (unpaired) electrons. The Morgan fingerprint density at radius 1 is 1.20 bits per heavy atom. The average molecular weight is 268 g/mol. The average Bonchev–Trinajstić information content (AvgIpc) is 3.07. The van der Waals surface area contributed by atoms with Crippen molar-refractivity contribution in [2.24, 2.45) is 11.3 Å². The Kier molecular flexibility index (Phi) is 3.28. The van der Waals surface area contributed by atoms with Gasteiger partial charge in [-0.05, 0) is 26.3 Å². The van der Waals surface area contributed by atoms with E-state index in [0.29, 0.717) is 0 Å². The van der Waals surface area contributed by atoms with Gasteiger partial charge >= 0.3 is 5.97 Å². The van der Waals surface area contributed by atoms with Crippen LogP contribution in [0.15, 0.2) is 30.3 Å². The summed E-state index contributed by atoms with van der Waals surface area (Å²) in [6, 6.07) is 13.2. The van der Waals surface area contributed by atoms with Gasteiger partial charge in [-0.15, -0.1) is 0 Å². The molecule has 0 saturated heterocycles. The lowest BCUT2D eigenvalue weighted by Crippen LogP contribution is -2.26. The Balaban J connectivity index is 2.32. The van der Waals surface area contributed by atoms with E-state index < -0.39 is 28.8 Å². The van der Waals surface area contributed by atoms with E-state index in [9.17, 15) is 15.3 Å². The minimum atomic E-state index is -1.30.